The zero-order valence-electron chi connectivity index (χ0n) is 6.77. The molecule has 0 saturated carbocycles. The lowest BCUT2D eigenvalue weighted by Crippen LogP contribution is -2.01. The van der Waals surface area contributed by atoms with Crippen LogP contribution in [-0.2, 0) is 6.42 Å². The lowest BCUT2D eigenvalue weighted by atomic mass is 10.1. The molecule has 14 heavy (non-hydrogen) atoms. The molecule has 1 rings (SSSR count). The number of hydrogen-bond acceptors (Lipinski definition) is 2. The molecule has 0 amide bonds. The molecule has 0 radical (unpaired) electrons. The van der Waals surface area contributed by atoms with Crippen LogP contribution in [0.4, 0.5) is 8.78 Å². The SMILES string of the molecule is N#CCc1c(C(F)F)cnc(I)c1I. The number of rotatable bonds is 2. The van der Waals surface area contributed by atoms with Crippen molar-refractivity contribution < 1.29 is 8.78 Å². The Hall–Kier alpha value is -0.0400. The van der Waals surface area contributed by atoms with Crippen LogP contribution in [0.5, 0.6) is 0 Å². The summed E-state index contributed by atoms with van der Waals surface area (Å²) in [7, 11) is 0. The molecule has 0 unspecified atom stereocenters. The predicted octanol–water partition coefficient (Wildman–Crippen LogP) is 3.29. The summed E-state index contributed by atoms with van der Waals surface area (Å²) in [6.07, 6.45) is -1.44. The number of aromatic nitrogens is 1. The van der Waals surface area contributed by atoms with Gasteiger partial charge in [0.05, 0.1) is 12.5 Å². The van der Waals surface area contributed by atoms with E-state index in [1.807, 2.05) is 51.3 Å². The zero-order valence-corrected chi connectivity index (χ0v) is 11.1. The van der Waals surface area contributed by atoms with Crippen LogP contribution in [0.1, 0.15) is 17.6 Å². The molecule has 0 bridgehead atoms. The van der Waals surface area contributed by atoms with Crippen molar-refractivity contribution in [1.29, 1.82) is 5.26 Å². The number of nitrogens with zero attached hydrogens (tertiary/aromatic N) is 2. The van der Waals surface area contributed by atoms with E-state index in [0.717, 1.165) is 6.20 Å². The molecule has 0 aromatic carbocycles. The van der Waals surface area contributed by atoms with Gasteiger partial charge in [0.15, 0.2) is 0 Å². The Morgan fingerprint density at radius 3 is 2.64 bits per heavy atom. The molecular weight excluding hydrogens is 416 g/mol. The first-order valence-electron chi connectivity index (χ1n) is 3.55. The number of pyridine rings is 1. The lowest BCUT2D eigenvalue weighted by Gasteiger charge is -2.08. The van der Waals surface area contributed by atoms with Crippen molar-refractivity contribution in [3.8, 4) is 6.07 Å². The molecule has 0 aliphatic rings. The Morgan fingerprint density at radius 1 is 1.50 bits per heavy atom. The first-order valence-corrected chi connectivity index (χ1v) is 5.71. The van der Waals surface area contributed by atoms with E-state index in [4.69, 9.17) is 5.26 Å². The van der Waals surface area contributed by atoms with Gasteiger partial charge in [0.2, 0.25) is 0 Å². The summed E-state index contributed by atoms with van der Waals surface area (Å²) in [5, 5.41) is 8.52. The summed E-state index contributed by atoms with van der Waals surface area (Å²) in [5.74, 6) is 0. The van der Waals surface area contributed by atoms with Crippen molar-refractivity contribution in [3.05, 3.63) is 24.6 Å². The third-order valence-electron chi connectivity index (χ3n) is 1.60. The second-order valence-electron chi connectivity index (χ2n) is 2.43. The Labute approximate surface area is 107 Å². The van der Waals surface area contributed by atoms with Crippen molar-refractivity contribution >= 4 is 45.2 Å². The fourth-order valence-electron chi connectivity index (χ4n) is 0.959. The van der Waals surface area contributed by atoms with Gasteiger partial charge in [0.25, 0.3) is 6.43 Å². The van der Waals surface area contributed by atoms with E-state index in [0.29, 0.717) is 12.8 Å². The highest BCUT2D eigenvalue weighted by Crippen LogP contribution is 2.28. The quantitative estimate of drug-likeness (QED) is 0.544. The molecule has 74 valence electrons. The molecule has 1 heterocycles. The third kappa shape index (κ3) is 2.50. The minimum atomic E-state index is -2.57. The van der Waals surface area contributed by atoms with Gasteiger partial charge in [-0.1, -0.05) is 0 Å². The molecule has 0 saturated heterocycles. The maximum atomic E-state index is 12.5. The van der Waals surface area contributed by atoms with E-state index >= 15 is 0 Å². The van der Waals surface area contributed by atoms with Crippen LogP contribution in [0.15, 0.2) is 6.20 Å². The Morgan fingerprint density at radius 2 is 2.14 bits per heavy atom. The average molecular weight is 420 g/mol. The molecule has 0 aliphatic carbocycles. The fraction of sp³-hybridized carbons (Fsp3) is 0.250. The summed E-state index contributed by atoms with van der Waals surface area (Å²) in [4.78, 5) is 3.83. The highest BCUT2D eigenvalue weighted by molar-refractivity contribution is 14.1. The van der Waals surface area contributed by atoms with Gasteiger partial charge in [0.1, 0.15) is 3.70 Å². The highest BCUT2D eigenvalue weighted by Gasteiger charge is 2.17. The summed E-state index contributed by atoms with van der Waals surface area (Å²) in [5.41, 5.74) is 0.249. The Kier molecular flexibility index (Phi) is 4.43. The third-order valence-corrected chi connectivity index (χ3v) is 4.61. The molecule has 1 aromatic rings. The maximum Gasteiger partial charge on any atom is 0.265 e. The molecule has 2 nitrogen and oxygen atoms in total. The highest BCUT2D eigenvalue weighted by atomic mass is 127. The second-order valence-corrected chi connectivity index (χ2v) is 4.53. The van der Waals surface area contributed by atoms with Crippen molar-refractivity contribution in [3.63, 3.8) is 0 Å². The van der Waals surface area contributed by atoms with Gasteiger partial charge in [-0.3, -0.25) is 0 Å². The summed E-state index contributed by atoms with van der Waals surface area (Å²) in [6, 6.07) is 1.88. The first kappa shape index (κ1) is 12.0. The molecule has 0 spiro atoms. The van der Waals surface area contributed by atoms with Crippen molar-refractivity contribution in [1.82, 2.24) is 4.98 Å². The van der Waals surface area contributed by atoms with Crippen LogP contribution < -0.4 is 0 Å². The Bertz CT molecular complexity index is 388. The molecule has 0 aliphatic heterocycles. The maximum absolute atomic E-state index is 12.5. The molecular formula is C8H4F2I2N2. The summed E-state index contributed by atoms with van der Waals surface area (Å²) >= 11 is 3.89. The summed E-state index contributed by atoms with van der Waals surface area (Å²) in [6.45, 7) is 0. The fourth-order valence-corrected chi connectivity index (χ4v) is 2.06. The molecule has 0 atom stereocenters. The van der Waals surface area contributed by atoms with Crippen LogP contribution in [0, 0.1) is 18.6 Å². The van der Waals surface area contributed by atoms with E-state index < -0.39 is 6.43 Å². The molecule has 6 heteroatoms. The number of alkyl halides is 2. The van der Waals surface area contributed by atoms with Crippen LogP contribution in [0.2, 0.25) is 0 Å². The standard InChI is InChI=1S/C8H4F2I2N2/c9-7(10)5-3-14-8(12)6(11)4(5)1-2-13/h3,7H,1H2. The number of nitriles is 1. The monoisotopic (exact) mass is 420 g/mol. The average Bonchev–Trinajstić information content (AvgIpc) is 2.13. The van der Waals surface area contributed by atoms with Gasteiger partial charge in [0, 0.05) is 15.3 Å². The van der Waals surface area contributed by atoms with Crippen molar-refractivity contribution in [2.75, 3.05) is 0 Å². The van der Waals surface area contributed by atoms with E-state index in [1.165, 1.54) is 0 Å². The van der Waals surface area contributed by atoms with Crippen LogP contribution >= 0.6 is 45.2 Å². The van der Waals surface area contributed by atoms with Crippen LogP contribution in [0.25, 0.3) is 0 Å². The molecule has 0 N–H and O–H groups in total. The summed E-state index contributed by atoms with van der Waals surface area (Å²) < 4.78 is 26.3. The Balaban J connectivity index is 3.31. The number of hydrogen-bond donors (Lipinski definition) is 0. The lowest BCUT2D eigenvalue weighted by molar-refractivity contribution is 0.150. The minimum absolute atomic E-state index is 0.00350. The molecule has 1 aromatic heterocycles. The van der Waals surface area contributed by atoms with Gasteiger partial charge >= 0.3 is 0 Å². The second kappa shape index (κ2) is 5.16. The van der Waals surface area contributed by atoms with Gasteiger partial charge in [-0.2, -0.15) is 5.26 Å². The number of halogens is 4. The predicted molar refractivity (Wildman–Crippen MR) is 63.9 cm³/mol. The first-order chi connectivity index (χ1) is 6.57. The zero-order chi connectivity index (χ0) is 10.7. The van der Waals surface area contributed by atoms with E-state index in [2.05, 4.69) is 4.98 Å². The van der Waals surface area contributed by atoms with Gasteiger partial charge in [-0.25, -0.2) is 13.8 Å². The van der Waals surface area contributed by atoms with Crippen molar-refractivity contribution in [2.45, 2.75) is 12.8 Å². The van der Waals surface area contributed by atoms with Crippen molar-refractivity contribution in [2.24, 2.45) is 0 Å². The minimum Gasteiger partial charge on any atom is -0.249 e. The normalized spacial score (nSPS) is 10.3. The van der Waals surface area contributed by atoms with Gasteiger partial charge in [-0.15, -0.1) is 0 Å². The van der Waals surface area contributed by atoms with Gasteiger partial charge in [-0.05, 0) is 50.7 Å². The topological polar surface area (TPSA) is 36.7 Å². The van der Waals surface area contributed by atoms with Gasteiger partial charge < -0.3 is 0 Å². The van der Waals surface area contributed by atoms with Crippen LogP contribution in [0.3, 0.4) is 0 Å². The van der Waals surface area contributed by atoms with E-state index in [1.54, 1.807) is 0 Å². The van der Waals surface area contributed by atoms with Crippen LogP contribution in [-0.4, -0.2) is 4.98 Å². The van der Waals surface area contributed by atoms with E-state index in [9.17, 15) is 8.78 Å². The largest absolute Gasteiger partial charge is 0.265 e. The molecule has 0 fully saturated rings. The smallest absolute Gasteiger partial charge is 0.249 e. The van der Waals surface area contributed by atoms with E-state index in [-0.39, 0.29) is 12.0 Å².